The van der Waals surface area contributed by atoms with E-state index in [4.69, 9.17) is 11.6 Å². The zero-order valence-corrected chi connectivity index (χ0v) is 13.0. The average molecular weight is 413 g/mol. The number of anilines is 1. The molecule has 19 heavy (non-hydrogen) atoms. The molecule has 1 heterocycles. The van der Waals surface area contributed by atoms with Gasteiger partial charge in [0.25, 0.3) is 10.0 Å². The summed E-state index contributed by atoms with van der Waals surface area (Å²) in [6, 6.07) is 6.50. The van der Waals surface area contributed by atoms with Crippen LogP contribution < -0.4 is 4.72 Å². The largest absolute Gasteiger partial charge is 0.279 e. The van der Waals surface area contributed by atoms with Crippen molar-refractivity contribution in [3.8, 4) is 0 Å². The normalized spacial score (nSPS) is 11.3. The molecule has 1 N–H and O–H groups in total. The highest BCUT2D eigenvalue weighted by atomic mass is 127. The van der Waals surface area contributed by atoms with Crippen molar-refractivity contribution in [3.63, 3.8) is 0 Å². The van der Waals surface area contributed by atoms with Crippen LogP contribution in [0, 0.1) is 9.39 Å². The van der Waals surface area contributed by atoms with Crippen molar-refractivity contribution in [1.29, 1.82) is 0 Å². The summed E-state index contributed by atoms with van der Waals surface area (Å²) in [4.78, 5) is 3.69. The van der Waals surface area contributed by atoms with Crippen molar-refractivity contribution in [2.75, 3.05) is 4.72 Å². The first kappa shape index (κ1) is 14.5. The van der Waals surface area contributed by atoms with Crippen LogP contribution in [0.25, 0.3) is 0 Å². The summed E-state index contributed by atoms with van der Waals surface area (Å²) in [7, 11) is -3.76. The van der Waals surface area contributed by atoms with E-state index in [1.165, 1.54) is 30.3 Å². The minimum atomic E-state index is -3.76. The van der Waals surface area contributed by atoms with Crippen LogP contribution in [0.4, 0.5) is 10.1 Å². The van der Waals surface area contributed by atoms with Crippen LogP contribution in [0.2, 0.25) is 5.15 Å². The quantitative estimate of drug-likeness (QED) is 0.622. The van der Waals surface area contributed by atoms with Gasteiger partial charge in [0, 0.05) is 9.77 Å². The second-order valence-electron chi connectivity index (χ2n) is 3.55. The highest BCUT2D eigenvalue weighted by molar-refractivity contribution is 14.1. The van der Waals surface area contributed by atoms with Crippen LogP contribution in [0.5, 0.6) is 0 Å². The summed E-state index contributed by atoms with van der Waals surface area (Å²) in [6.07, 6.45) is 1.15. The zero-order chi connectivity index (χ0) is 14.0. The number of nitrogens with zero attached hydrogens (tertiary/aromatic N) is 1. The van der Waals surface area contributed by atoms with Gasteiger partial charge in [-0.05, 0) is 52.9 Å². The van der Waals surface area contributed by atoms with Gasteiger partial charge in [0.2, 0.25) is 0 Å². The smallest absolute Gasteiger partial charge is 0.263 e. The van der Waals surface area contributed by atoms with Gasteiger partial charge in [-0.3, -0.25) is 4.72 Å². The molecule has 0 spiro atoms. The van der Waals surface area contributed by atoms with E-state index < -0.39 is 15.8 Å². The maximum Gasteiger partial charge on any atom is 0.263 e. The Morgan fingerprint density at radius 2 is 2.00 bits per heavy atom. The van der Waals surface area contributed by atoms with E-state index in [1.54, 1.807) is 0 Å². The molecule has 100 valence electrons. The summed E-state index contributed by atoms with van der Waals surface area (Å²) in [5, 5.41) is 0.204. The zero-order valence-electron chi connectivity index (χ0n) is 9.27. The molecule has 0 aliphatic rings. The highest BCUT2D eigenvalue weighted by Crippen LogP contribution is 2.22. The maximum atomic E-state index is 12.9. The Morgan fingerprint density at radius 1 is 1.26 bits per heavy atom. The summed E-state index contributed by atoms with van der Waals surface area (Å²) >= 11 is 7.44. The van der Waals surface area contributed by atoms with E-state index >= 15 is 0 Å². The summed E-state index contributed by atoms with van der Waals surface area (Å²) in [5.74, 6) is -0.430. The van der Waals surface area contributed by atoms with Crippen LogP contribution in [0.15, 0.2) is 41.4 Å². The molecule has 0 unspecified atom stereocenters. The fourth-order valence-corrected chi connectivity index (χ4v) is 3.23. The number of nitrogens with one attached hydrogen (secondary N) is 1. The average Bonchev–Trinajstić information content (AvgIpc) is 2.33. The second-order valence-corrected chi connectivity index (χ2v) is 6.78. The molecule has 1 aromatic carbocycles. The number of hydrogen-bond acceptors (Lipinski definition) is 3. The SMILES string of the molecule is O=S(=O)(Nc1ccc(F)cc1I)c1ccc(Cl)nc1. The lowest BCUT2D eigenvalue weighted by molar-refractivity contribution is 0.600. The Kier molecular flexibility index (Phi) is 4.26. The van der Waals surface area contributed by atoms with Crippen LogP contribution in [0.3, 0.4) is 0 Å². The Bertz CT molecular complexity index is 707. The Hall–Kier alpha value is -0.930. The summed E-state index contributed by atoms with van der Waals surface area (Å²) in [5.41, 5.74) is 0.303. The predicted octanol–water partition coefficient (Wildman–Crippen LogP) is 3.28. The first-order valence-electron chi connectivity index (χ1n) is 4.98. The van der Waals surface area contributed by atoms with E-state index in [2.05, 4.69) is 9.71 Å². The molecular weight excluding hydrogens is 406 g/mol. The molecular formula is C11H7ClFIN2O2S. The molecule has 0 radical (unpaired) electrons. The van der Waals surface area contributed by atoms with E-state index in [0.29, 0.717) is 9.26 Å². The van der Waals surface area contributed by atoms with Gasteiger partial charge in [-0.2, -0.15) is 0 Å². The van der Waals surface area contributed by atoms with Gasteiger partial charge in [-0.25, -0.2) is 17.8 Å². The van der Waals surface area contributed by atoms with Gasteiger partial charge in [0.1, 0.15) is 15.9 Å². The molecule has 4 nitrogen and oxygen atoms in total. The van der Waals surface area contributed by atoms with Crippen molar-refractivity contribution in [1.82, 2.24) is 4.98 Å². The number of sulfonamides is 1. The van der Waals surface area contributed by atoms with Gasteiger partial charge in [-0.15, -0.1) is 0 Å². The molecule has 0 aliphatic heterocycles. The van der Waals surface area contributed by atoms with Crippen molar-refractivity contribution < 1.29 is 12.8 Å². The molecule has 0 atom stereocenters. The maximum absolute atomic E-state index is 12.9. The van der Waals surface area contributed by atoms with Crippen molar-refractivity contribution >= 4 is 49.9 Å². The van der Waals surface area contributed by atoms with E-state index in [1.807, 2.05) is 22.6 Å². The first-order chi connectivity index (χ1) is 8.88. The third-order valence-corrected chi connectivity index (χ3v) is 4.65. The van der Waals surface area contributed by atoms with E-state index in [9.17, 15) is 12.8 Å². The number of benzene rings is 1. The molecule has 0 saturated carbocycles. The lowest BCUT2D eigenvalue weighted by Gasteiger charge is -2.09. The number of hydrogen-bond donors (Lipinski definition) is 1. The van der Waals surface area contributed by atoms with Crippen molar-refractivity contribution in [3.05, 3.63) is 51.1 Å². The number of halogens is 3. The lowest BCUT2D eigenvalue weighted by Crippen LogP contribution is -2.14. The summed E-state index contributed by atoms with van der Waals surface area (Å²) < 4.78 is 39.9. The van der Waals surface area contributed by atoms with Crippen LogP contribution in [0.1, 0.15) is 0 Å². The Labute approximate surface area is 128 Å². The van der Waals surface area contributed by atoms with Crippen LogP contribution >= 0.6 is 34.2 Å². The third kappa shape index (κ3) is 3.54. The van der Waals surface area contributed by atoms with Crippen LogP contribution in [-0.4, -0.2) is 13.4 Å². The molecule has 0 bridgehead atoms. The van der Waals surface area contributed by atoms with E-state index in [-0.39, 0.29) is 10.0 Å². The van der Waals surface area contributed by atoms with Gasteiger partial charge in [0.05, 0.1) is 5.69 Å². The summed E-state index contributed by atoms with van der Waals surface area (Å²) in [6.45, 7) is 0. The molecule has 2 aromatic rings. The van der Waals surface area contributed by atoms with Gasteiger partial charge in [-0.1, -0.05) is 11.6 Å². The fourth-order valence-electron chi connectivity index (χ4n) is 1.30. The number of pyridine rings is 1. The van der Waals surface area contributed by atoms with Crippen molar-refractivity contribution in [2.45, 2.75) is 4.90 Å². The Balaban J connectivity index is 2.33. The lowest BCUT2D eigenvalue weighted by atomic mass is 10.3. The number of rotatable bonds is 3. The highest BCUT2D eigenvalue weighted by Gasteiger charge is 2.16. The molecule has 0 fully saturated rings. The van der Waals surface area contributed by atoms with Crippen molar-refractivity contribution in [2.24, 2.45) is 0 Å². The Morgan fingerprint density at radius 3 is 2.58 bits per heavy atom. The minimum Gasteiger partial charge on any atom is -0.279 e. The first-order valence-corrected chi connectivity index (χ1v) is 7.92. The van der Waals surface area contributed by atoms with Crippen LogP contribution in [-0.2, 0) is 10.0 Å². The standard InChI is InChI=1S/C11H7ClFIN2O2S/c12-11-4-2-8(6-15-11)19(17,18)16-10-3-1-7(13)5-9(10)14/h1-6,16H. The van der Waals surface area contributed by atoms with E-state index in [0.717, 1.165) is 6.20 Å². The van der Waals surface area contributed by atoms with Gasteiger partial charge < -0.3 is 0 Å². The van der Waals surface area contributed by atoms with Gasteiger partial charge in [0.15, 0.2) is 0 Å². The van der Waals surface area contributed by atoms with Gasteiger partial charge >= 0.3 is 0 Å². The monoisotopic (exact) mass is 412 g/mol. The molecule has 1 aromatic heterocycles. The topological polar surface area (TPSA) is 59.1 Å². The molecule has 0 amide bonds. The predicted molar refractivity (Wildman–Crippen MR) is 79.2 cm³/mol. The molecule has 0 aliphatic carbocycles. The number of aromatic nitrogens is 1. The molecule has 8 heteroatoms. The third-order valence-electron chi connectivity index (χ3n) is 2.19. The second kappa shape index (κ2) is 5.59. The fraction of sp³-hybridized carbons (Fsp3) is 0. The molecule has 2 rings (SSSR count). The molecule has 0 saturated heterocycles. The minimum absolute atomic E-state index is 0.0166.